The summed E-state index contributed by atoms with van der Waals surface area (Å²) in [5, 5.41) is 7.53. The normalized spacial score (nSPS) is 11.4. The minimum atomic E-state index is 0.638. The fourth-order valence-corrected chi connectivity index (χ4v) is 10.1. The molecule has 0 atom stereocenters. The number of aromatic nitrogens is 6. The summed E-state index contributed by atoms with van der Waals surface area (Å²) in [5.74, 6) is 1.94. The fraction of sp³-hybridized carbons (Fsp3) is 0.0299. The van der Waals surface area contributed by atoms with Crippen molar-refractivity contribution in [3.05, 3.63) is 268 Å². The van der Waals surface area contributed by atoms with Crippen LogP contribution in [0.25, 0.3) is 117 Å². The first kappa shape index (κ1) is 45.8. The predicted molar refractivity (Wildman–Crippen MR) is 308 cm³/mol. The van der Waals surface area contributed by atoms with Gasteiger partial charge < -0.3 is 13.7 Å². The lowest BCUT2D eigenvalue weighted by atomic mass is 10.0. The summed E-state index contributed by atoms with van der Waals surface area (Å²) in [7, 11) is 0. The SMILES string of the molecule is C=C.C=C/C=C(\C)n1cc(C)c2ccccc21.c1ccc(-c2nc(-c3ccccc3)nc(-c3cccc(-c4cccc(-n5ccc6c7ccc8c9ccccc9n(-c9ccccc9)c8c7ccc65)c4)c3)n2)cc1. The summed E-state index contributed by atoms with van der Waals surface area (Å²) < 4.78 is 6.91. The van der Waals surface area contributed by atoms with E-state index in [9.17, 15) is 0 Å². The summed E-state index contributed by atoms with van der Waals surface area (Å²) in [5.41, 5.74) is 14.7. The van der Waals surface area contributed by atoms with Crippen LogP contribution in [0.2, 0.25) is 0 Å². The molecule has 0 amide bonds. The smallest absolute Gasteiger partial charge is 0.164 e. The number of rotatable bonds is 8. The summed E-state index contributed by atoms with van der Waals surface area (Å²) in [6, 6.07) is 76.7. The maximum atomic E-state index is 4.98. The molecule has 6 nitrogen and oxygen atoms in total. The molecule has 0 aliphatic carbocycles. The van der Waals surface area contributed by atoms with Gasteiger partial charge in [-0.2, -0.15) is 0 Å². The van der Waals surface area contributed by atoms with Gasteiger partial charge in [-0.25, -0.2) is 15.0 Å². The first-order valence-corrected chi connectivity index (χ1v) is 24.5. The summed E-state index contributed by atoms with van der Waals surface area (Å²) in [6.07, 6.45) is 8.20. The molecule has 0 spiro atoms. The molecule has 0 saturated carbocycles. The highest BCUT2D eigenvalue weighted by molar-refractivity contribution is 6.23. The number of hydrogen-bond donors (Lipinski definition) is 0. The zero-order valence-corrected chi connectivity index (χ0v) is 40.9. The first-order chi connectivity index (χ1) is 36.0. The third-order valence-corrected chi connectivity index (χ3v) is 13.4. The lowest BCUT2D eigenvalue weighted by molar-refractivity contribution is 1.07. The molecule has 6 heteroatoms. The minimum Gasteiger partial charge on any atom is -0.320 e. The predicted octanol–water partition coefficient (Wildman–Crippen LogP) is 17.5. The second-order valence-electron chi connectivity index (χ2n) is 17.8. The van der Waals surface area contributed by atoms with E-state index < -0.39 is 0 Å². The monoisotopic (exact) mass is 940 g/mol. The van der Waals surface area contributed by atoms with Crippen molar-refractivity contribution in [2.45, 2.75) is 13.8 Å². The van der Waals surface area contributed by atoms with Crippen LogP contribution in [0.5, 0.6) is 0 Å². The molecule has 4 aromatic heterocycles. The molecule has 9 aromatic carbocycles. The van der Waals surface area contributed by atoms with Crippen molar-refractivity contribution in [1.29, 1.82) is 0 Å². The quantitative estimate of drug-likeness (QED) is 0.113. The van der Waals surface area contributed by atoms with E-state index in [1.165, 1.54) is 60.1 Å². The van der Waals surface area contributed by atoms with E-state index >= 15 is 0 Å². The van der Waals surface area contributed by atoms with E-state index in [1.54, 1.807) is 0 Å². The van der Waals surface area contributed by atoms with Crippen LogP contribution in [0.15, 0.2) is 263 Å². The van der Waals surface area contributed by atoms with Crippen molar-refractivity contribution >= 4 is 60.1 Å². The number of hydrogen-bond acceptors (Lipinski definition) is 3. The number of aryl methyl sites for hydroxylation is 1. The van der Waals surface area contributed by atoms with E-state index in [0.29, 0.717) is 17.5 Å². The number of allylic oxidation sites excluding steroid dienone is 3. The molecule has 13 aromatic rings. The Morgan fingerprint density at radius 3 is 1.60 bits per heavy atom. The van der Waals surface area contributed by atoms with E-state index in [1.807, 2.05) is 72.8 Å². The molecule has 73 heavy (non-hydrogen) atoms. The Hall–Kier alpha value is -9.65. The van der Waals surface area contributed by atoms with Gasteiger partial charge >= 0.3 is 0 Å². The zero-order valence-electron chi connectivity index (χ0n) is 40.9. The fourth-order valence-electron chi connectivity index (χ4n) is 10.1. The Morgan fingerprint density at radius 2 is 0.918 bits per heavy atom. The molecule has 0 fully saturated rings. The molecular formula is C67H52N6. The Bertz CT molecular complexity index is 4100. The Kier molecular flexibility index (Phi) is 12.5. The van der Waals surface area contributed by atoms with Crippen molar-refractivity contribution in [3.63, 3.8) is 0 Å². The maximum absolute atomic E-state index is 4.98. The van der Waals surface area contributed by atoms with Crippen LogP contribution in [0.1, 0.15) is 12.5 Å². The standard InChI is InChI=1S/C51H33N5.C14H15N.C2H4/c1-4-14-34(15-5-1)49-52-50(35-16-6-2-7-17-35)54-51(53-49)38-20-12-18-36(32-38)37-19-13-23-40(33-37)55-31-30-43-41-26-27-45-42-24-10-11-25-47(42)56(39-21-8-3-9-22-39)48(45)44(41)28-29-46(43)55;1-4-7-12(3)15-10-11(2)13-8-5-6-9-14(13)15;1-2/h1-33H;4-10H,1H2,2-3H3;1-2H2/b;12-7+;. The Balaban J connectivity index is 0.000000289. The average molecular weight is 941 g/mol. The second-order valence-corrected chi connectivity index (χ2v) is 17.8. The molecule has 0 saturated heterocycles. The number of fused-ring (bicyclic) bond motifs is 8. The van der Waals surface area contributed by atoms with Crippen LogP contribution in [-0.4, -0.2) is 28.7 Å². The van der Waals surface area contributed by atoms with Crippen molar-refractivity contribution in [2.75, 3.05) is 0 Å². The van der Waals surface area contributed by atoms with Gasteiger partial charge in [-0.15, -0.1) is 13.2 Å². The number of para-hydroxylation sites is 3. The van der Waals surface area contributed by atoms with Crippen LogP contribution >= 0.6 is 0 Å². The van der Waals surface area contributed by atoms with Crippen LogP contribution in [0.4, 0.5) is 0 Å². The molecule has 0 bridgehead atoms. The molecule has 0 aliphatic rings. The molecular weight excluding hydrogens is 889 g/mol. The molecule has 0 aliphatic heterocycles. The molecule has 350 valence electrons. The van der Waals surface area contributed by atoms with Gasteiger partial charge in [-0.1, -0.05) is 176 Å². The second kappa shape index (κ2) is 20.0. The summed E-state index contributed by atoms with van der Waals surface area (Å²) in [6.45, 7) is 14.0. The largest absolute Gasteiger partial charge is 0.320 e. The third-order valence-electron chi connectivity index (χ3n) is 13.4. The van der Waals surface area contributed by atoms with E-state index in [2.05, 4.69) is 217 Å². The Morgan fingerprint density at radius 1 is 0.425 bits per heavy atom. The van der Waals surface area contributed by atoms with Crippen LogP contribution in [-0.2, 0) is 0 Å². The Labute approximate surface area is 425 Å². The van der Waals surface area contributed by atoms with Crippen molar-refractivity contribution in [2.24, 2.45) is 0 Å². The molecule has 0 radical (unpaired) electrons. The van der Waals surface area contributed by atoms with Crippen molar-refractivity contribution in [3.8, 4) is 56.7 Å². The van der Waals surface area contributed by atoms with Crippen molar-refractivity contribution < 1.29 is 0 Å². The summed E-state index contributed by atoms with van der Waals surface area (Å²) in [4.78, 5) is 14.8. The number of benzene rings is 9. The first-order valence-electron chi connectivity index (χ1n) is 24.5. The molecule has 0 unspecified atom stereocenters. The van der Waals surface area contributed by atoms with Gasteiger partial charge in [-0.3, -0.25) is 0 Å². The third kappa shape index (κ3) is 8.62. The van der Waals surface area contributed by atoms with Crippen molar-refractivity contribution in [1.82, 2.24) is 28.7 Å². The average Bonchev–Trinajstić information content (AvgIpc) is 4.17. The highest BCUT2D eigenvalue weighted by Crippen LogP contribution is 2.40. The van der Waals surface area contributed by atoms with Gasteiger partial charge in [0.25, 0.3) is 0 Å². The van der Waals surface area contributed by atoms with E-state index in [-0.39, 0.29) is 0 Å². The van der Waals surface area contributed by atoms with Gasteiger partial charge in [-0.05, 0) is 96.6 Å². The molecule has 4 heterocycles. The molecule has 13 rings (SSSR count). The van der Waals surface area contributed by atoms with Crippen LogP contribution in [0, 0.1) is 6.92 Å². The lowest BCUT2D eigenvalue weighted by Gasteiger charge is -2.12. The lowest BCUT2D eigenvalue weighted by Crippen LogP contribution is -2.00. The van der Waals surface area contributed by atoms with Crippen LogP contribution in [0.3, 0.4) is 0 Å². The van der Waals surface area contributed by atoms with Gasteiger partial charge in [0.05, 0.1) is 22.1 Å². The van der Waals surface area contributed by atoms with Gasteiger partial charge in [0, 0.05) is 73.1 Å². The van der Waals surface area contributed by atoms with E-state index in [0.717, 1.165) is 44.7 Å². The zero-order chi connectivity index (χ0) is 49.8. The topological polar surface area (TPSA) is 53.5 Å². The maximum Gasteiger partial charge on any atom is 0.164 e. The van der Waals surface area contributed by atoms with Crippen LogP contribution < -0.4 is 0 Å². The minimum absolute atomic E-state index is 0.638. The highest BCUT2D eigenvalue weighted by Gasteiger charge is 2.18. The van der Waals surface area contributed by atoms with E-state index in [4.69, 9.17) is 15.0 Å². The van der Waals surface area contributed by atoms with Gasteiger partial charge in [0.2, 0.25) is 0 Å². The number of nitrogens with zero attached hydrogens (tertiary/aromatic N) is 6. The van der Waals surface area contributed by atoms with Gasteiger partial charge in [0.1, 0.15) is 0 Å². The van der Waals surface area contributed by atoms with Gasteiger partial charge in [0.15, 0.2) is 17.5 Å². The summed E-state index contributed by atoms with van der Waals surface area (Å²) >= 11 is 0. The molecule has 0 N–H and O–H groups in total. The highest BCUT2D eigenvalue weighted by atomic mass is 15.0.